The monoisotopic (exact) mass is 196 g/mol. The number of hydrogen-bond donors (Lipinski definition) is 0. The van der Waals surface area contributed by atoms with Gasteiger partial charge in [0.2, 0.25) is 0 Å². The number of aryl methyl sites for hydroxylation is 2. The lowest BCUT2D eigenvalue weighted by atomic mass is 10.2. The van der Waals surface area contributed by atoms with Gasteiger partial charge in [0.25, 0.3) is 0 Å². The van der Waals surface area contributed by atoms with E-state index >= 15 is 0 Å². The molecule has 0 saturated carbocycles. The first-order chi connectivity index (χ1) is 6.65. The maximum absolute atomic E-state index is 11.4. The number of rotatable bonds is 5. The molecule has 0 aliphatic carbocycles. The van der Waals surface area contributed by atoms with Crippen LogP contribution in [-0.4, -0.2) is 14.9 Å². The van der Waals surface area contributed by atoms with Crippen molar-refractivity contribution in [3.63, 3.8) is 0 Å². The highest BCUT2D eigenvalue weighted by atomic mass is 16.1. The molecule has 14 heavy (non-hydrogen) atoms. The predicted molar refractivity (Wildman–Crippen MR) is 54.2 cm³/mol. The Bertz CT molecular complexity index is 362. The Morgan fingerprint density at radius 2 is 2.14 bits per heavy atom. The number of aromatic nitrogens is 2. The van der Waals surface area contributed by atoms with Gasteiger partial charge in [0, 0.05) is 38.8 Å². The second kappa shape index (κ2) is 4.79. The second-order valence-corrected chi connectivity index (χ2v) is 3.38. The Morgan fingerprint density at radius 1 is 1.43 bits per heavy atom. The first kappa shape index (κ1) is 10.8. The van der Waals surface area contributed by atoms with Gasteiger partial charge < -0.3 is 4.57 Å². The number of Topliss-reactive ketones (excluding diaryl/α,β-unsaturated/α-hetero) is 1. The third kappa shape index (κ3) is 2.58. The fourth-order valence-electron chi connectivity index (χ4n) is 1.30. The van der Waals surface area contributed by atoms with Crippen molar-refractivity contribution in [1.82, 2.24) is 9.13 Å². The molecule has 0 atom stereocenters. The smallest absolute Gasteiger partial charge is 0.302 e. The SMILES string of the molecule is CCC(=O)CCCn1ccn(C)c1=O. The maximum atomic E-state index is 11.4. The summed E-state index contributed by atoms with van der Waals surface area (Å²) in [6, 6.07) is 0. The highest BCUT2D eigenvalue weighted by molar-refractivity contribution is 5.77. The molecule has 0 bridgehead atoms. The molecule has 0 aromatic carbocycles. The van der Waals surface area contributed by atoms with E-state index in [0.717, 1.165) is 6.42 Å². The number of ketones is 1. The molecule has 4 nitrogen and oxygen atoms in total. The average Bonchev–Trinajstić information content (AvgIpc) is 2.49. The molecule has 0 fully saturated rings. The van der Waals surface area contributed by atoms with Crippen LogP contribution in [0.4, 0.5) is 0 Å². The van der Waals surface area contributed by atoms with Gasteiger partial charge in [0.05, 0.1) is 0 Å². The minimum atomic E-state index is -0.0195. The van der Waals surface area contributed by atoms with Crippen LogP contribution in [0.25, 0.3) is 0 Å². The molecule has 1 rings (SSSR count). The van der Waals surface area contributed by atoms with Crippen molar-refractivity contribution in [2.24, 2.45) is 7.05 Å². The third-order valence-corrected chi connectivity index (χ3v) is 2.27. The van der Waals surface area contributed by atoms with Gasteiger partial charge in [-0.25, -0.2) is 4.79 Å². The Kier molecular flexibility index (Phi) is 3.68. The van der Waals surface area contributed by atoms with Crippen LogP contribution in [-0.2, 0) is 18.4 Å². The zero-order valence-electron chi connectivity index (χ0n) is 8.69. The van der Waals surface area contributed by atoms with Gasteiger partial charge in [-0.3, -0.25) is 9.36 Å². The summed E-state index contributed by atoms with van der Waals surface area (Å²) in [6.07, 6.45) is 5.38. The molecule has 4 heteroatoms. The van der Waals surface area contributed by atoms with E-state index in [1.54, 1.807) is 24.0 Å². The summed E-state index contributed by atoms with van der Waals surface area (Å²) in [5.74, 6) is 0.258. The first-order valence-corrected chi connectivity index (χ1v) is 4.88. The van der Waals surface area contributed by atoms with Crippen LogP contribution in [0.1, 0.15) is 26.2 Å². The zero-order chi connectivity index (χ0) is 10.6. The van der Waals surface area contributed by atoms with Crippen molar-refractivity contribution in [2.45, 2.75) is 32.7 Å². The minimum absolute atomic E-state index is 0.0195. The quantitative estimate of drug-likeness (QED) is 0.703. The Hall–Kier alpha value is -1.32. The van der Waals surface area contributed by atoms with Crippen LogP contribution in [0.15, 0.2) is 17.2 Å². The Balaban J connectivity index is 2.43. The lowest BCUT2D eigenvalue weighted by molar-refractivity contribution is -0.118. The first-order valence-electron chi connectivity index (χ1n) is 4.88. The largest absolute Gasteiger partial charge is 0.327 e. The second-order valence-electron chi connectivity index (χ2n) is 3.38. The average molecular weight is 196 g/mol. The highest BCUT2D eigenvalue weighted by Crippen LogP contribution is 1.96. The van der Waals surface area contributed by atoms with Crippen LogP contribution < -0.4 is 5.69 Å². The van der Waals surface area contributed by atoms with Gasteiger partial charge in [-0.2, -0.15) is 0 Å². The van der Waals surface area contributed by atoms with Crippen molar-refractivity contribution in [2.75, 3.05) is 0 Å². The number of nitrogens with zero attached hydrogens (tertiary/aromatic N) is 2. The summed E-state index contributed by atoms with van der Waals surface area (Å²) in [5.41, 5.74) is -0.0195. The van der Waals surface area contributed by atoms with E-state index in [1.807, 2.05) is 6.92 Å². The van der Waals surface area contributed by atoms with Gasteiger partial charge in [0.15, 0.2) is 0 Å². The molecular formula is C10H16N2O2. The number of imidazole rings is 1. The van der Waals surface area contributed by atoms with Crippen LogP contribution in [0.2, 0.25) is 0 Å². The molecule has 1 heterocycles. The molecule has 0 spiro atoms. The summed E-state index contributed by atoms with van der Waals surface area (Å²) >= 11 is 0. The molecule has 1 aromatic heterocycles. The van der Waals surface area contributed by atoms with Crippen molar-refractivity contribution in [1.29, 1.82) is 0 Å². The fraction of sp³-hybridized carbons (Fsp3) is 0.600. The van der Waals surface area contributed by atoms with E-state index in [1.165, 1.54) is 4.57 Å². The Morgan fingerprint density at radius 3 is 2.64 bits per heavy atom. The Labute approximate surface area is 83.2 Å². The molecule has 0 aliphatic heterocycles. The summed E-state index contributed by atoms with van der Waals surface area (Å²) in [7, 11) is 1.72. The highest BCUT2D eigenvalue weighted by Gasteiger charge is 2.01. The van der Waals surface area contributed by atoms with Crippen molar-refractivity contribution in [3.05, 3.63) is 22.9 Å². The van der Waals surface area contributed by atoms with Gasteiger partial charge in [-0.05, 0) is 6.42 Å². The van der Waals surface area contributed by atoms with Crippen LogP contribution in [0.3, 0.4) is 0 Å². The molecule has 0 amide bonds. The number of hydrogen-bond acceptors (Lipinski definition) is 2. The van der Waals surface area contributed by atoms with Crippen molar-refractivity contribution < 1.29 is 4.79 Å². The van der Waals surface area contributed by atoms with E-state index in [-0.39, 0.29) is 11.5 Å². The number of carbonyl (C=O) groups is 1. The molecule has 0 radical (unpaired) electrons. The molecule has 78 valence electrons. The third-order valence-electron chi connectivity index (χ3n) is 2.27. The summed E-state index contributed by atoms with van der Waals surface area (Å²) in [5, 5.41) is 0. The van der Waals surface area contributed by atoms with Crippen LogP contribution in [0, 0.1) is 0 Å². The van der Waals surface area contributed by atoms with Gasteiger partial charge in [-0.15, -0.1) is 0 Å². The van der Waals surface area contributed by atoms with Gasteiger partial charge in [0.1, 0.15) is 5.78 Å². The summed E-state index contributed by atoms with van der Waals surface area (Å²) in [6.45, 7) is 2.49. The molecule has 0 N–H and O–H groups in total. The van der Waals surface area contributed by atoms with Crippen molar-refractivity contribution >= 4 is 5.78 Å². The fourth-order valence-corrected chi connectivity index (χ4v) is 1.30. The zero-order valence-corrected chi connectivity index (χ0v) is 8.69. The van der Waals surface area contributed by atoms with Gasteiger partial charge in [-0.1, -0.05) is 6.92 Å². The van der Waals surface area contributed by atoms with E-state index < -0.39 is 0 Å². The van der Waals surface area contributed by atoms with E-state index in [9.17, 15) is 9.59 Å². The predicted octanol–water partition coefficient (Wildman–Crippen LogP) is 0.946. The van der Waals surface area contributed by atoms with Crippen LogP contribution >= 0.6 is 0 Å². The molecule has 1 aromatic rings. The van der Waals surface area contributed by atoms with Gasteiger partial charge >= 0.3 is 5.69 Å². The van der Waals surface area contributed by atoms with E-state index in [0.29, 0.717) is 19.4 Å². The van der Waals surface area contributed by atoms with Crippen LogP contribution in [0.5, 0.6) is 0 Å². The lowest BCUT2D eigenvalue weighted by Crippen LogP contribution is -2.22. The minimum Gasteiger partial charge on any atom is -0.302 e. The van der Waals surface area contributed by atoms with E-state index in [4.69, 9.17) is 0 Å². The lowest BCUT2D eigenvalue weighted by Gasteiger charge is -1.99. The molecule has 0 saturated heterocycles. The summed E-state index contributed by atoms with van der Waals surface area (Å²) < 4.78 is 3.16. The maximum Gasteiger partial charge on any atom is 0.327 e. The number of carbonyl (C=O) groups excluding carboxylic acids is 1. The normalized spacial score (nSPS) is 10.4. The molecule has 0 aliphatic rings. The summed E-state index contributed by atoms with van der Waals surface area (Å²) in [4.78, 5) is 22.4. The van der Waals surface area contributed by atoms with Crippen molar-refractivity contribution in [3.8, 4) is 0 Å². The standard InChI is InChI=1S/C10H16N2O2/c1-3-9(13)5-4-6-12-8-7-11(2)10(12)14/h7-8H,3-6H2,1-2H3. The topological polar surface area (TPSA) is 44.0 Å². The molecule has 0 unspecified atom stereocenters. The van der Waals surface area contributed by atoms with E-state index in [2.05, 4.69) is 0 Å². The molecular weight excluding hydrogens is 180 g/mol.